The van der Waals surface area contributed by atoms with Gasteiger partial charge in [-0.25, -0.2) is 0 Å². The van der Waals surface area contributed by atoms with Gasteiger partial charge < -0.3 is 0 Å². The van der Waals surface area contributed by atoms with Crippen molar-refractivity contribution in [2.45, 2.75) is 34.6 Å². The molecule has 1 heteroatoms. The van der Waals surface area contributed by atoms with Gasteiger partial charge in [0.1, 0.15) is 0 Å². The fraction of sp³-hybridized carbons (Fsp3) is 0.116. The van der Waals surface area contributed by atoms with Gasteiger partial charge in [-0.2, -0.15) is 0 Å². The Kier molecular flexibility index (Phi) is 6.05. The van der Waals surface area contributed by atoms with E-state index in [-0.39, 0.29) is 0 Å². The largest absolute Gasteiger partial charge is 0.180 e. The third-order valence-corrected chi connectivity index (χ3v) is 14.8. The minimum atomic E-state index is -2.77. The fourth-order valence-electron chi connectivity index (χ4n) is 8.28. The van der Waals surface area contributed by atoms with Crippen molar-refractivity contribution in [3.63, 3.8) is 0 Å². The maximum atomic E-state index is 2.56. The first-order valence-electron chi connectivity index (χ1n) is 15.7. The second-order valence-corrected chi connectivity index (χ2v) is 16.6. The maximum absolute atomic E-state index is 2.77. The highest BCUT2D eigenvalue weighted by atomic mass is 28.3. The molecule has 6 aromatic carbocycles. The third kappa shape index (κ3) is 3.89. The number of hydrogen-bond acceptors (Lipinski definition) is 0. The van der Waals surface area contributed by atoms with Crippen LogP contribution in [0.1, 0.15) is 38.9 Å². The molecule has 0 saturated heterocycles. The van der Waals surface area contributed by atoms with E-state index in [1.165, 1.54) is 93.1 Å². The summed E-state index contributed by atoms with van der Waals surface area (Å²) >= 11 is 0. The standard InChI is InChI=1S/C43H36Si/c1-27-21-29(3)42(30(4)22-27)35-15-13-33-11-12-34-14-16-36-26-41(34)44(40(33)25-35,37-9-7-6-8-10-37)38-19-17-32(18-20-38)39-24-28(2)23-31(5)43(36)39/h6-26H,1-5H3. The zero-order valence-corrected chi connectivity index (χ0v) is 27.1. The molecule has 212 valence electrons. The first-order valence-corrected chi connectivity index (χ1v) is 17.7. The van der Waals surface area contributed by atoms with Gasteiger partial charge in [0.05, 0.1) is 0 Å². The monoisotopic (exact) mass is 580 g/mol. The van der Waals surface area contributed by atoms with Crippen molar-refractivity contribution in [2.24, 2.45) is 0 Å². The second-order valence-electron chi connectivity index (χ2n) is 12.9. The molecule has 44 heavy (non-hydrogen) atoms. The number of hydrogen-bond donors (Lipinski definition) is 0. The average molecular weight is 581 g/mol. The predicted molar refractivity (Wildman–Crippen MR) is 193 cm³/mol. The molecule has 0 spiro atoms. The van der Waals surface area contributed by atoms with Crippen LogP contribution in [-0.4, -0.2) is 8.07 Å². The van der Waals surface area contributed by atoms with Gasteiger partial charge in [0.25, 0.3) is 0 Å². The Balaban J connectivity index is 1.54. The van der Waals surface area contributed by atoms with E-state index in [9.17, 15) is 0 Å². The van der Waals surface area contributed by atoms with Gasteiger partial charge in [-0.1, -0.05) is 139 Å². The third-order valence-electron chi connectivity index (χ3n) is 9.93. The molecular weight excluding hydrogens is 545 g/mol. The van der Waals surface area contributed by atoms with E-state index < -0.39 is 8.07 Å². The first-order chi connectivity index (χ1) is 21.3. The normalized spacial score (nSPS) is 15.8. The minimum absolute atomic E-state index is 1.28. The average Bonchev–Trinajstić information content (AvgIpc) is 3.15. The summed E-state index contributed by atoms with van der Waals surface area (Å²) in [4.78, 5) is 0. The van der Waals surface area contributed by atoms with Gasteiger partial charge >= 0.3 is 0 Å². The summed E-state index contributed by atoms with van der Waals surface area (Å²) < 4.78 is 0. The summed E-state index contributed by atoms with van der Waals surface area (Å²) in [6, 6.07) is 44.9. The van der Waals surface area contributed by atoms with Crippen molar-refractivity contribution in [2.75, 3.05) is 0 Å². The van der Waals surface area contributed by atoms with Crippen LogP contribution in [0.4, 0.5) is 0 Å². The number of benzene rings is 6. The topological polar surface area (TPSA) is 0 Å². The molecule has 0 amide bonds. The van der Waals surface area contributed by atoms with Crippen LogP contribution < -0.4 is 20.7 Å². The molecule has 3 heterocycles. The molecular formula is C43H36Si. The molecule has 3 aliphatic heterocycles. The minimum Gasteiger partial charge on any atom is -0.0623 e. The van der Waals surface area contributed by atoms with E-state index in [0.29, 0.717) is 0 Å². The fourth-order valence-corrected chi connectivity index (χ4v) is 13.4. The number of rotatable bonds is 2. The van der Waals surface area contributed by atoms with Crippen LogP contribution in [0.2, 0.25) is 0 Å². The first kappa shape index (κ1) is 26.9. The molecule has 0 fully saturated rings. The summed E-state index contributed by atoms with van der Waals surface area (Å²) in [5.41, 5.74) is 17.2. The highest BCUT2D eigenvalue weighted by molar-refractivity contribution is 7.20. The van der Waals surface area contributed by atoms with E-state index in [4.69, 9.17) is 0 Å². The zero-order valence-electron chi connectivity index (χ0n) is 26.1. The number of fused-ring (bicyclic) bond motifs is 3. The SMILES string of the molecule is Cc1cc(C)c(-c2ccc3c(c2)[Si]2(c4ccccc4)c4ccc(cc4)-c4cc(C)cc(C)c4-c4ccc(c2c4)C=C3)c(C)c1. The van der Waals surface area contributed by atoms with Crippen LogP contribution in [0, 0.1) is 34.6 Å². The van der Waals surface area contributed by atoms with Gasteiger partial charge in [0.2, 0.25) is 0 Å². The molecule has 9 rings (SSSR count). The lowest BCUT2D eigenvalue weighted by Crippen LogP contribution is -2.75. The Hall–Kier alpha value is -4.72. The zero-order chi connectivity index (χ0) is 30.2. The molecule has 4 bridgehead atoms. The van der Waals surface area contributed by atoms with Crippen molar-refractivity contribution >= 4 is 41.0 Å². The molecule has 3 aliphatic rings. The smallest absolute Gasteiger partial charge is 0.0623 e. The lowest BCUT2D eigenvalue weighted by Gasteiger charge is -2.37. The Bertz CT molecular complexity index is 2120. The van der Waals surface area contributed by atoms with Crippen molar-refractivity contribution in [3.05, 3.63) is 154 Å². The molecule has 0 N–H and O–H groups in total. The summed E-state index contributed by atoms with van der Waals surface area (Å²) in [5, 5.41) is 5.78. The second kappa shape index (κ2) is 9.91. The van der Waals surface area contributed by atoms with Crippen LogP contribution in [0.5, 0.6) is 0 Å². The van der Waals surface area contributed by atoms with E-state index >= 15 is 0 Å². The van der Waals surface area contributed by atoms with Crippen LogP contribution in [0.3, 0.4) is 0 Å². The Morgan fingerprint density at radius 3 is 1.48 bits per heavy atom. The van der Waals surface area contributed by atoms with Gasteiger partial charge in [-0.15, -0.1) is 0 Å². The van der Waals surface area contributed by atoms with Crippen LogP contribution in [0.25, 0.3) is 45.5 Å². The maximum Gasteiger partial charge on any atom is 0.180 e. The summed E-state index contributed by atoms with van der Waals surface area (Å²) in [5.74, 6) is 0. The molecule has 0 radical (unpaired) electrons. The molecule has 0 aliphatic carbocycles. The van der Waals surface area contributed by atoms with Gasteiger partial charge in [0.15, 0.2) is 8.07 Å². The van der Waals surface area contributed by atoms with Crippen molar-refractivity contribution in [1.29, 1.82) is 0 Å². The quantitative estimate of drug-likeness (QED) is 0.180. The van der Waals surface area contributed by atoms with Gasteiger partial charge in [0, 0.05) is 0 Å². The van der Waals surface area contributed by atoms with Crippen LogP contribution >= 0.6 is 0 Å². The lowest BCUT2D eigenvalue weighted by atomic mass is 9.89. The lowest BCUT2D eigenvalue weighted by molar-refractivity contribution is 1.32. The summed E-state index contributed by atoms with van der Waals surface area (Å²) in [6.07, 6.45) is 4.72. The summed E-state index contributed by atoms with van der Waals surface area (Å²) in [7, 11) is -2.77. The molecule has 1 unspecified atom stereocenters. The van der Waals surface area contributed by atoms with Gasteiger partial charge in [-0.05, 0) is 117 Å². The predicted octanol–water partition coefficient (Wildman–Crippen LogP) is 8.40. The number of aryl methyl sites for hydroxylation is 5. The van der Waals surface area contributed by atoms with E-state index in [1.807, 2.05) is 0 Å². The van der Waals surface area contributed by atoms with Crippen LogP contribution in [-0.2, 0) is 0 Å². The Labute approximate surface area is 262 Å². The van der Waals surface area contributed by atoms with E-state index in [2.05, 4.69) is 162 Å². The van der Waals surface area contributed by atoms with E-state index in [0.717, 1.165) is 0 Å². The highest BCUT2D eigenvalue weighted by Gasteiger charge is 2.45. The Morgan fingerprint density at radius 2 is 0.886 bits per heavy atom. The van der Waals surface area contributed by atoms with Crippen molar-refractivity contribution < 1.29 is 0 Å². The molecule has 0 nitrogen and oxygen atoms in total. The van der Waals surface area contributed by atoms with E-state index in [1.54, 1.807) is 0 Å². The molecule has 0 saturated carbocycles. The van der Waals surface area contributed by atoms with Gasteiger partial charge in [-0.3, -0.25) is 0 Å². The van der Waals surface area contributed by atoms with Crippen molar-refractivity contribution in [1.82, 2.24) is 0 Å². The Morgan fingerprint density at radius 1 is 0.409 bits per heavy atom. The van der Waals surface area contributed by atoms with Crippen LogP contribution in [0.15, 0.2) is 115 Å². The molecule has 0 aromatic heterocycles. The highest BCUT2D eigenvalue weighted by Crippen LogP contribution is 2.38. The summed E-state index contributed by atoms with van der Waals surface area (Å²) in [6.45, 7) is 11.2. The molecule has 1 atom stereocenters. The van der Waals surface area contributed by atoms with Crippen molar-refractivity contribution in [3.8, 4) is 33.4 Å². The molecule has 6 aromatic rings.